The smallest absolute Gasteiger partial charge is 0.308 e. The van der Waals surface area contributed by atoms with E-state index in [2.05, 4.69) is 6.92 Å². The third kappa shape index (κ3) is 2.33. The fourth-order valence-corrected chi connectivity index (χ4v) is 3.68. The summed E-state index contributed by atoms with van der Waals surface area (Å²) in [6.45, 7) is 2.31. The first kappa shape index (κ1) is 8.78. The molecule has 1 fully saturated rings. The number of hydrogen-bond acceptors (Lipinski definition) is 2. The summed E-state index contributed by atoms with van der Waals surface area (Å²) < 4.78 is 4.71. The van der Waals surface area contributed by atoms with E-state index in [-0.39, 0.29) is 21.4 Å². The summed E-state index contributed by atoms with van der Waals surface area (Å²) in [5.74, 6) is 0.271. The first-order valence-electron chi connectivity index (χ1n) is 4.32. The third-order valence-corrected chi connectivity index (χ3v) is 4.97. The molecule has 1 aliphatic heterocycles. The maximum atomic E-state index is 11.1. The number of esters is 1. The Kier molecular flexibility index (Phi) is 3.11. The lowest BCUT2D eigenvalue weighted by atomic mass is 10.0. The molecule has 0 saturated carbocycles. The molecule has 0 unspecified atom stereocenters. The summed E-state index contributed by atoms with van der Waals surface area (Å²) in [7, 11) is 1.52. The second-order valence-electron chi connectivity index (χ2n) is 3.48. The Morgan fingerprint density at radius 2 is 2.27 bits per heavy atom. The van der Waals surface area contributed by atoms with E-state index >= 15 is 0 Å². The van der Waals surface area contributed by atoms with Crippen LogP contribution in [-0.4, -0.2) is 22.6 Å². The largest absolute Gasteiger partial charge is 0.469 e. The van der Waals surface area contributed by atoms with Gasteiger partial charge in [0.1, 0.15) is 0 Å². The van der Waals surface area contributed by atoms with Gasteiger partial charge in [-0.1, -0.05) is 18.9 Å². The van der Waals surface area contributed by atoms with Crippen molar-refractivity contribution in [2.45, 2.75) is 31.4 Å². The summed E-state index contributed by atoms with van der Waals surface area (Å²) in [5.41, 5.74) is 0.941. The molecule has 64 valence electrons. The van der Waals surface area contributed by atoms with Crippen LogP contribution in [0.3, 0.4) is 0 Å². The summed E-state index contributed by atoms with van der Waals surface area (Å²) in [6.07, 6.45) is 2.30. The van der Waals surface area contributed by atoms with Crippen LogP contribution in [0.2, 0.25) is 11.6 Å². The Morgan fingerprint density at radius 1 is 1.55 bits per heavy atom. The molecule has 2 nitrogen and oxygen atoms in total. The maximum Gasteiger partial charge on any atom is 0.308 e. The first-order valence-corrected chi connectivity index (χ1v) is 6.13. The van der Waals surface area contributed by atoms with Crippen molar-refractivity contribution in [3.05, 3.63) is 0 Å². The van der Waals surface area contributed by atoms with E-state index in [1.807, 2.05) is 0 Å². The standard InChI is InChI=1S/C8H16O2Si/c1-6-3-4-7(5-11-6)8(9)10-2/h6-7H,3-5,11H2,1-2H3/t6-,7-/m1/s1. The van der Waals surface area contributed by atoms with Gasteiger partial charge in [-0.05, 0) is 12.5 Å². The van der Waals surface area contributed by atoms with Gasteiger partial charge in [0, 0.05) is 9.52 Å². The molecule has 1 heterocycles. The van der Waals surface area contributed by atoms with Crippen LogP contribution >= 0.6 is 0 Å². The maximum absolute atomic E-state index is 11.1. The number of hydrogen-bond donors (Lipinski definition) is 0. The van der Waals surface area contributed by atoms with Crippen LogP contribution in [0.25, 0.3) is 0 Å². The van der Waals surface area contributed by atoms with Crippen LogP contribution in [-0.2, 0) is 9.53 Å². The highest BCUT2D eigenvalue weighted by Crippen LogP contribution is 2.27. The van der Waals surface area contributed by atoms with E-state index in [0.717, 1.165) is 18.0 Å². The molecule has 1 saturated heterocycles. The number of carbonyl (C=O) groups is 1. The lowest BCUT2D eigenvalue weighted by Crippen LogP contribution is -2.23. The molecule has 0 aromatic carbocycles. The van der Waals surface area contributed by atoms with Gasteiger partial charge in [-0.25, -0.2) is 0 Å². The minimum Gasteiger partial charge on any atom is -0.469 e. The number of methoxy groups -OCH3 is 1. The SMILES string of the molecule is COC(=O)[C@@H]1CC[C@@H](C)[SiH2]C1. The molecular formula is C8H16O2Si. The molecule has 11 heavy (non-hydrogen) atoms. The van der Waals surface area contributed by atoms with Crippen LogP contribution in [0.1, 0.15) is 19.8 Å². The van der Waals surface area contributed by atoms with Gasteiger partial charge >= 0.3 is 5.97 Å². The number of ether oxygens (including phenoxy) is 1. The van der Waals surface area contributed by atoms with Crippen molar-refractivity contribution < 1.29 is 9.53 Å². The Morgan fingerprint density at radius 3 is 2.73 bits per heavy atom. The van der Waals surface area contributed by atoms with Gasteiger partial charge in [-0.3, -0.25) is 4.79 Å². The Balaban J connectivity index is 2.33. The van der Waals surface area contributed by atoms with Gasteiger partial charge in [0.25, 0.3) is 0 Å². The molecule has 0 amide bonds. The summed E-state index contributed by atoms with van der Waals surface area (Å²) >= 11 is 0. The van der Waals surface area contributed by atoms with E-state index in [0.29, 0.717) is 0 Å². The van der Waals surface area contributed by atoms with E-state index in [4.69, 9.17) is 4.74 Å². The Bertz CT molecular complexity index is 139. The van der Waals surface area contributed by atoms with Crippen LogP contribution in [0.15, 0.2) is 0 Å². The van der Waals surface area contributed by atoms with Gasteiger partial charge in [0.2, 0.25) is 0 Å². The van der Waals surface area contributed by atoms with Gasteiger partial charge in [-0.15, -0.1) is 0 Å². The van der Waals surface area contributed by atoms with Crippen molar-refractivity contribution in [1.29, 1.82) is 0 Å². The number of rotatable bonds is 1. The molecule has 0 radical (unpaired) electrons. The molecule has 1 rings (SSSR count). The second kappa shape index (κ2) is 3.90. The van der Waals surface area contributed by atoms with Gasteiger partial charge < -0.3 is 4.74 Å². The van der Waals surface area contributed by atoms with Crippen LogP contribution in [0.5, 0.6) is 0 Å². The lowest BCUT2D eigenvalue weighted by Gasteiger charge is -2.23. The molecule has 0 N–H and O–H groups in total. The van der Waals surface area contributed by atoms with Crippen LogP contribution < -0.4 is 0 Å². The monoisotopic (exact) mass is 172 g/mol. The van der Waals surface area contributed by atoms with Crippen molar-refractivity contribution in [3.8, 4) is 0 Å². The highest BCUT2D eigenvalue weighted by molar-refractivity contribution is 6.38. The van der Waals surface area contributed by atoms with Crippen LogP contribution in [0.4, 0.5) is 0 Å². The van der Waals surface area contributed by atoms with Crippen molar-refractivity contribution >= 4 is 15.5 Å². The van der Waals surface area contributed by atoms with Gasteiger partial charge in [0.15, 0.2) is 0 Å². The lowest BCUT2D eigenvalue weighted by molar-refractivity contribution is -0.145. The molecule has 3 heteroatoms. The predicted molar refractivity (Wildman–Crippen MR) is 47.5 cm³/mol. The zero-order chi connectivity index (χ0) is 8.27. The normalized spacial score (nSPS) is 33.6. The molecule has 0 aromatic heterocycles. The molecular weight excluding hydrogens is 156 g/mol. The molecule has 0 aliphatic carbocycles. The van der Waals surface area contributed by atoms with Crippen LogP contribution in [0, 0.1) is 5.92 Å². The predicted octanol–water partition coefficient (Wildman–Crippen LogP) is 0.965. The average Bonchev–Trinajstić information content (AvgIpc) is 2.05. The zero-order valence-electron chi connectivity index (χ0n) is 7.30. The summed E-state index contributed by atoms with van der Waals surface area (Å²) in [5, 5.41) is 0. The molecule has 0 spiro atoms. The van der Waals surface area contributed by atoms with Crippen molar-refractivity contribution in [2.24, 2.45) is 5.92 Å². The number of carbonyl (C=O) groups excluding carboxylic acids is 1. The molecule has 0 aromatic rings. The third-order valence-electron chi connectivity index (χ3n) is 2.55. The Hall–Kier alpha value is -0.313. The van der Waals surface area contributed by atoms with E-state index in [1.54, 1.807) is 0 Å². The van der Waals surface area contributed by atoms with E-state index < -0.39 is 0 Å². The highest BCUT2D eigenvalue weighted by atomic mass is 28.2. The van der Waals surface area contributed by atoms with E-state index in [9.17, 15) is 4.79 Å². The minimum absolute atomic E-state index is 0.0180. The summed E-state index contributed by atoms with van der Waals surface area (Å²) in [6, 6.07) is 1.16. The zero-order valence-corrected chi connectivity index (χ0v) is 8.71. The highest BCUT2D eigenvalue weighted by Gasteiger charge is 2.24. The van der Waals surface area contributed by atoms with Crippen molar-refractivity contribution in [1.82, 2.24) is 0 Å². The quantitative estimate of drug-likeness (QED) is 0.435. The Labute approximate surface area is 70.1 Å². The average molecular weight is 172 g/mol. The van der Waals surface area contributed by atoms with Crippen molar-refractivity contribution in [2.75, 3.05) is 7.11 Å². The van der Waals surface area contributed by atoms with Crippen molar-refractivity contribution in [3.63, 3.8) is 0 Å². The minimum atomic E-state index is 0.0180. The molecule has 0 bridgehead atoms. The van der Waals surface area contributed by atoms with E-state index in [1.165, 1.54) is 13.5 Å². The topological polar surface area (TPSA) is 26.3 Å². The molecule has 1 aliphatic rings. The summed E-state index contributed by atoms with van der Waals surface area (Å²) in [4.78, 5) is 11.1. The van der Waals surface area contributed by atoms with Gasteiger partial charge in [-0.2, -0.15) is 0 Å². The fourth-order valence-electron chi connectivity index (χ4n) is 1.66. The fraction of sp³-hybridized carbons (Fsp3) is 0.875. The molecule has 2 atom stereocenters. The van der Waals surface area contributed by atoms with Gasteiger partial charge in [0.05, 0.1) is 13.0 Å². The first-order chi connectivity index (χ1) is 5.24. The second-order valence-corrected chi connectivity index (χ2v) is 6.03.